The van der Waals surface area contributed by atoms with Gasteiger partial charge in [-0.1, -0.05) is 30.0 Å². The van der Waals surface area contributed by atoms with Gasteiger partial charge in [-0.25, -0.2) is 14.4 Å². The van der Waals surface area contributed by atoms with Gasteiger partial charge in [0.15, 0.2) is 10.3 Å². The van der Waals surface area contributed by atoms with Crippen molar-refractivity contribution in [2.75, 3.05) is 11.4 Å². The van der Waals surface area contributed by atoms with Gasteiger partial charge < -0.3 is 0 Å². The van der Waals surface area contributed by atoms with Crippen molar-refractivity contribution in [1.82, 2.24) is 14.5 Å². The fourth-order valence-electron chi connectivity index (χ4n) is 3.28. The van der Waals surface area contributed by atoms with Crippen LogP contribution in [0.3, 0.4) is 0 Å². The summed E-state index contributed by atoms with van der Waals surface area (Å²) in [7, 11) is 0. The van der Waals surface area contributed by atoms with Gasteiger partial charge in [-0.2, -0.15) is 0 Å². The number of para-hydroxylation sites is 1. The number of thioether (sulfide) groups is 1. The Bertz CT molecular complexity index is 1370. The van der Waals surface area contributed by atoms with Gasteiger partial charge in [0.25, 0.3) is 5.56 Å². The van der Waals surface area contributed by atoms with E-state index in [0.29, 0.717) is 44.7 Å². The van der Waals surface area contributed by atoms with E-state index in [0.717, 1.165) is 5.69 Å². The van der Waals surface area contributed by atoms with E-state index in [4.69, 9.17) is 0 Å². The van der Waals surface area contributed by atoms with Gasteiger partial charge in [0.05, 0.1) is 22.3 Å². The van der Waals surface area contributed by atoms with Gasteiger partial charge in [-0.3, -0.25) is 19.1 Å². The summed E-state index contributed by atoms with van der Waals surface area (Å²) >= 11 is 2.74. The van der Waals surface area contributed by atoms with E-state index in [2.05, 4.69) is 9.97 Å². The smallest absolute Gasteiger partial charge is 0.266 e. The lowest BCUT2D eigenvalue weighted by molar-refractivity contribution is -0.116. The van der Waals surface area contributed by atoms with Crippen molar-refractivity contribution in [2.24, 2.45) is 0 Å². The van der Waals surface area contributed by atoms with Crippen molar-refractivity contribution in [1.29, 1.82) is 0 Å². The first-order valence-electron chi connectivity index (χ1n) is 10.0. The third-order valence-electron chi connectivity index (χ3n) is 4.97. The Hall–Kier alpha value is -3.04. The van der Waals surface area contributed by atoms with E-state index in [1.54, 1.807) is 42.2 Å². The summed E-state index contributed by atoms with van der Waals surface area (Å²) in [6.07, 6.45) is 0. The number of carbonyl (C=O) groups excluding carboxylic acids is 1. The SMILES string of the molecule is CCN(C(C)=O)c1nc(CSc2nc3ccccc3c(=O)n2-c2ccc(C)c(F)c2)cs1. The van der Waals surface area contributed by atoms with Crippen LogP contribution < -0.4 is 10.5 Å². The molecule has 0 aliphatic heterocycles. The minimum atomic E-state index is -0.383. The number of aryl methyl sites for hydroxylation is 1. The number of fused-ring (bicyclic) bond motifs is 1. The summed E-state index contributed by atoms with van der Waals surface area (Å²) in [5.74, 6) is 0.00414. The molecule has 0 aliphatic rings. The Morgan fingerprint density at radius 2 is 2.00 bits per heavy atom. The number of thiazole rings is 1. The zero-order valence-corrected chi connectivity index (χ0v) is 19.5. The average molecular weight is 469 g/mol. The molecule has 2 heterocycles. The minimum absolute atomic E-state index is 0.0625. The quantitative estimate of drug-likeness (QED) is 0.296. The third-order valence-corrected chi connectivity index (χ3v) is 6.86. The van der Waals surface area contributed by atoms with Crippen LogP contribution in [0.15, 0.2) is 57.8 Å². The van der Waals surface area contributed by atoms with Crippen LogP contribution in [0.25, 0.3) is 16.6 Å². The predicted octanol–water partition coefficient (Wildman–Crippen LogP) is 4.95. The van der Waals surface area contributed by atoms with Crippen molar-refractivity contribution in [2.45, 2.75) is 31.7 Å². The molecular formula is C23H21FN4O2S2. The minimum Gasteiger partial charge on any atom is -0.289 e. The first kappa shape index (κ1) is 22.2. The molecule has 1 amide bonds. The number of amides is 1. The van der Waals surface area contributed by atoms with Crippen LogP contribution in [-0.4, -0.2) is 27.0 Å². The number of benzene rings is 2. The number of carbonyl (C=O) groups is 1. The lowest BCUT2D eigenvalue weighted by Gasteiger charge is -2.14. The van der Waals surface area contributed by atoms with Crippen molar-refractivity contribution in [3.63, 3.8) is 0 Å². The Balaban J connectivity index is 1.73. The molecular weight excluding hydrogens is 447 g/mol. The number of anilines is 1. The highest BCUT2D eigenvalue weighted by Crippen LogP contribution is 2.28. The standard InChI is InChI=1S/C23H21FN4O2S2/c1-4-27(15(3)29)22-25-16(12-31-22)13-32-23-26-20-8-6-5-7-18(20)21(30)28(23)17-10-9-14(2)19(24)11-17/h5-12H,4,13H2,1-3H3. The van der Waals surface area contributed by atoms with Crippen LogP contribution in [0.2, 0.25) is 0 Å². The normalized spacial score (nSPS) is 11.1. The van der Waals surface area contributed by atoms with Gasteiger partial charge in [0, 0.05) is 24.6 Å². The Labute approximate surface area is 192 Å². The average Bonchev–Trinajstić information content (AvgIpc) is 3.23. The molecule has 32 heavy (non-hydrogen) atoms. The second kappa shape index (κ2) is 9.22. The Morgan fingerprint density at radius 3 is 2.72 bits per heavy atom. The van der Waals surface area contributed by atoms with E-state index in [1.807, 2.05) is 18.4 Å². The molecule has 4 aromatic rings. The van der Waals surface area contributed by atoms with Crippen molar-refractivity contribution in [3.8, 4) is 5.69 Å². The molecule has 164 valence electrons. The predicted molar refractivity (Wildman–Crippen MR) is 127 cm³/mol. The molecule has 9 heteroatoms. The molecule has 4 rings (SSSR count). The topological polar surface area (TPSA) is 68.1 Å². The highest BCUT2D eigenvalue weighted by Gasteiger charge is 2.17. The second-order valence-corrected chi connectivity index (χ2v) is 8.94. The number of hydrogen-bond donors (Lipinski definition) is 0. The van der Waals surface area contributed by atoms with Crippen LogP contribution >= 0.6 is 23.1 Å². The van der Waals surface area contributed by atoms with Gasteiger partial charge in [-0.05, 0) is 43.7 Å². The molecule has 2 aromatic heterocycles. The van der Waals surface area contributed by atoms with Crippen molar-refractivity contribution >= 4 is 45.0 Å². The zero-order valence-electron chi connectivity index (χ0n) is 17.8. The van der Waals surface area contributed by atoms with Crippen LogP contribution in [0.1, 0.15) is 25.1 Å². The third kappa shape index (κ3) is 4.31. The Morgan fingerprint density at radius 1 is 1.22 bits per heavy atom. The maximum absolute atomic E-state index is 14.3. The molecule has 0 bridgehead atoms. The zero-order chi connectivity index (χ0) is 22.8. The van der Waals surface area contributed by atoms with Crippen LogP contribution in [0, 0.1) is 12.7 Å². The van der Waals surface area contributed by atoms with E-state index in [9.17, 15) is 14.0 Å². The van der Waals surface area contributed by atoms with E-state index in [-0.39, 0.29) is 17.3 Å². The van der Waals surface area contributed by atoms with Gasteiger partial charge in [-0.15, -0.1) is 11.3 Å². The monoisotopic (exact) mass is 468 g/mol. The van der Waals surface area contributed by atoms with Gasteiger partial charge in [0.2, 0.25) is 5.91 Å². The molecule has 6 nitrogen and oxygen atoms in total. The second-order valence-electron chi connectivity index (χ2n) is 7.16. The van der Waals surface area contributed by atoms with E-state index >= 15 is 0 Å². The molecule has 0 aliphatic carbocycles. The maximum Gasteiger partial charge on any atom is 0.266 e. The van der Waals surface area contributed by atoms with Crippen molar-refractivity contribution < 1.29 is 9.18 Å². The fraction of sp³-hybridized carbons (Fsp3) is 0.217. The molecule has 0 spiro atoms. The lowest BCUT2D eigenvalue weighted by Crippen LogP contribution is -2.27. The lowest BCUT2D eigenvalue weighted by atomic mass is 10.2. The van der Waals surface area contributed by atoms with Crippen LogP contribution in [0.4, 0.5) is 9.52 Å². The summed E-state index contributed by atoms with van der Waals surface area (Å²) < 4.78 is 15.7. The molecule has 0 radical (unpaired) electrons. The van der Waals surface area contributed by atoms with E-state index in [1.165, 1.54) is 40.7 Å². The summed E-state index contributed by atoms with van der Waals surface area (Å²) in [6, 6.07) is 11.8. The summed E-state index contributed by atoms with van der Waals surface area (Å²) in [5.41, 5.74) is 2.03. The largest absolute Gasteiger partial charge is 0.289 e. The molecule has 0 atom stereocenters. The highest BCUT2D eigenvalue weighted by atomic mass is 32.2. The molecule has 0 saturated heterocycles. The number of hydrogen-bond acceptors (Lipinski definition) is 6. The highest BCUT2D eigenvalue weighted by molar-refractivity contribution is 7.98. The van der Waals surface area contributed by atoms with Gasteiger partial charge >= 0.3 is 0 Å². The molecule has 0 fully saturated rings. The van der Waals surface area contributed by atoms with Crippen LogP contribution in [0.5, 0.6) is 0 Å². The van der Waals surface area contributed by atoms with E-state index < -0.39 is 0 Å². The first-order valence-corrected chi connectivity index (χ1v) is 11.9. The maximum atomic E-state index is 14.3. The molecule has 0 N–H and O–H groups in total. The first-order chi connectivity index (χ1) is 15.4. The number of rotatable bonds is 6. The summed E-state index contributed by atoms with van der Waals surface area (Å²) in [5, 5.41) is 3.45. The molecule has 2 aromatic carbocycles. The van der Waals surface area contributed by atoms with Gasteiger partial charge in [0.1, 0.15) is 5.82 Å². The van der Waals surface area contributed by atoms with Crippen LogP contribution in [-0.2, 0) is 10.5 Å². The molecule has 0 unspecified atom stereocenters. The Kier molecular flexibility index (Phi) is 6.38. The number of halogens is 1. The van der Waals surface area contributed by atoms with Crippen molar-refractivity contribution in [3.05, 3.63) is 75.3 Å². The fourth-order valence-corrected chi connectivity index (χ4v) is 5.22. The number of aromatic nitrogens is 3. The molecule has 0 saturated carbocycles. The number of nitrogens with zero attached hydrogens (tertiary/aromatic N) is 4. The summed E-state index contributed by atoms with van der Waals surface area (Å²) in [6.45, 7) is 5.63. The summed E-state index contributed by atoms with van der Waals surface area (Å²) in [4.78, 5) is 35.9.